The van der Waals surface area contributed by atoms with Gasteiger partial charge in [0, 0.05) is 32.3 Å². The molecule has 18 heavy (non-hydrogen) atoms. The van der Waals surface area contributed by atoms with Crippen LogP contribution in [-0.2, 0) is 13.0 Å². The highest BCUT2D eigenvalue weighted by Crippen LogP contribution is 2.19. The number of aryl methyl sites for hydroxylation is 2. The summed E-state index contributed by atoms with van der Waals surface area (Å²) in [5.74, 6) is 1.85. The number of likely N-dealkylation sites (tertiary alicyclic amines) is 1. The smallest absolute Gasteiger partial charge is 0.274 e. The van der Waals surface area contributed by atoms with E-state index in [1.807, 2.05) is 11.1 Å². The lowest BCUT2D eigenvalue weighted by molar-refractivity contribution is 0.0677. The third-order valence-corrected chi connectivity index (χ3v) is 4.07. The minimum Gasteiger partial charge on any atom is -0.337 e. The summed E-state index contributed by atoms with van der Waals surface area (Å²) in [6, 6.07) is 0. The Balaban J connectivity index is 1.77. The van der Waals surface area contributed by atoms with Gasteiger partial charge >= 0.3 is 0 Å². The maximum Gasteiger partial charge on any atom is 0.274 e. The predicted molar refractivity (Wildman–Crippen MR) is 69.5 cm³/mol. The van der Waals surface area contributed by atoms with Gasteiger partial charge in [-0.1, -0.05) is 6.92 Å². The highest BCUT2D eigenvalue weighted by atomic mass is 16.2. The molecule has 4 heteroatoms. The molecule has 3 rings (SSSR count). The fraction of sp³-hybridized carbons (Fsp3) is 0.714. The van der Waals surface area contributed by atoms with E-state index in [0.29, 0.717) is 11.6 Å². The van der Waals surface area contributed by atoms with Crippen molar-refractivity contribution < 1.29 is 4.79 Å². The van der Waals surface area contributed by atoms with E-state index in [-0.39, 0.29) is 5.91 Å². The number of piperidine rings is 1. The average molecular weight is 247 g/mol. The van der Waals surface area contributed by atoms with Gasteiger partial charge in [-0.2, -0.15) is 0 Å². The van der Waals surface area contributed by atoms with Crippen LogP contribution in [0.25, 0.3) is 0 Å². The van der Waals surface area contributed by atoms with Crippen LogP contribution in [0.3, 0.4) is 0 Å². The van der Waals surface area contributed by atoms with Crippen LogP contribution in [0.2, 0.25) is 0 Å². The second kappa shape index (κ2) is 4.75. The van der Waals surface area contributed by atoms with Gasteiger partial charge in [0.25, 0.3) is 5.91 Å². The third-order valence-electron chi connectivity index (χ3n) is 4.07. The van der Waals surface area contributed by atoms with Crippen LogP contribution >= 0.6 is 0 Å². The largest absolute Gasteiger partial charge is 0.337 e. The Labute approximate surface area is 108 Å². The highest BCUT2D eigenvalue weighted by molar-refractivity contribution is 5.92. The van der Waals surface area contributed by atoms with E-state index in [4.69, 9.17) is 0 Å². The first-order valence-corrected chi connectivity index (χ1v) is 7.09. The molecule has 1 fully saturated rings. The fourth-order valence-electron chi connectivity index (χ4n) is 3.05. The summed E-state index contributed by atoms with van der Waals surface area (Å²) < 4.78 is 2.16. The molecule has 3 heterocycles. The monoisotopic (exact) mass is 247 g/mol. The van der Waals surface area contributed by atoms with Crippen LogP contribution in [0, 0.1) is 5.92 Å². The molecule has 1 aromatic rings. The lowest BCUT2D eigenvalue weighted by Crippen LogP contribution is -2.39. The Morgan fingerprint density at radius 1 is 1.33 bits per heavy atom. The molecule has 0 unspecified atom stereocenters. The molecule has 0 aromatic carbocycles. The van der Waals surface area contributed by atoms with Crippen LogP contribution in [0.1, 0.15) is 48.9 Å². The van der Waals surface area contributed by atoms with E-state index >= 15 is 0 Å². The van der Waals surface area contributed by atoms with Gasteiger partial charge in [0.15, 0.2) is 0 Å². The SMILES string of the molecule is C[C@H]1CCCN(C(=O)c2cn3c(n2)CCCC3)C1. The first kappa shape index (κ1) is 11.8. The van der Waals surface area contributed by atoms with Gasteiger partial charge in [-0.15, -0.1) is 0 Å². The van der Waals surface area contributed by atoms with Gasteiger partial charge in [0.05, 0.1) is 0 Å². The molecule has 98 valence electrons. The zero-order valence-electron chi connectivity index (χ0n) is 11.1. The molecule has 0 bridgehead atoms. The predicted octanol–water partition coefficient (Wildman–Crippen LogP) is 2.09. The zero-order valence-corrected chi connectivity index (χ0v) is 11.1. The molecule has 2 aliphatic heterocycles. The number of aromatic nitrogens is 2. The number of carbonyl (C=O) groups excluding carboxylic acids is 1. The molecule has 0 spiro atoms. The third kappa shape index (κ3) is 2.16. The first-order chi connectivity index (χ1) is 8.74. The van der Waals surface area contributed by atoms with Crippen LogP contribution < -0.4 is 0 Å². The molecule has 1 saturated heterocycles. The topological polar surface area (TPSA) is 38.1 Å². The number of amides is 1. The second-order valence-corrected chi connectivity index (χ2v) is 5.69. The van der Waals surface area contributed by atoms with Crippen LogP contribution in [-0.4, -0.2) is 33.4 Å². The normalized spacial score (nSPS) is 23.8. The molecular weight excluding hydrogens is 226 g/mol. The summed E-state index contributed by atoms with van der Waals surface area (Å²) in [5, 5.41) is 0. The molecule has 0 radical (unpaired) electrons. The zero-order chi connectivity index (χ0) is 12.5. The number of hydrogen-bond donors (Lipinski definition) is 0. The molecule has 2 aliphatic rings. The van der Waals surface area contributed by atoms with E-state index in [9.17, 15) is 4.79 Å². The summed E-state index contributed by atoms with van der Waals surface area (Å²) in [5.41, 5.74) is 0.654. The number of nitrogens with zero attached hydrogens (tertiary/aromatic N) is 3. The van der Waals surface area contributed by atoms with Gasteiger partial charge in [-0.3, -0.25) is 4.79 Å². The Kier molecular flexibility index (Phi) is 3.10. The quantitative estimate of drug-likeness (QED) is 0.762. The van der Waals surface area contributed by atoms with Crippen molar-refractivity contribution in [1.29, 1.82) is 0 Å². The molecule has 1 amide bonds. The maximum absolute atomic E-state index is 12.4. The number of imidazole rings is 1. The van der Waals surface area contributed by atoms with Crippen LogP contribution in [0.5, 0.6) is 0 Å². The van der Waals surface area contributed by atoms with Crippen molar-refractivity contribution in [2.24, 2.45) is 5.92 Å². The lowest BCUT2D eigenvalue weighted by Gasteiger charge is -2.30. The maximum atomic E-state index is 12.4. The number of hydrogen-bond acceptors (Lipinski definition) is 2. The van der Waals surface area contributed by atoms with E-state index in [2.05, 4.69) is 16.5 Å². The summed E-state index contributed by atoms with van der Waals surface area (Å²) in [6.07, 6.45) is 7.74. The first-order valence-electron chi connectivity index (χ1n) is 7.09. The molecule has 0 saturated carbocycles. The van der Waals surface area contributed by atoms with Gasteiger partial charge in [-0.25, -0.2) is 4.98 Å². The van der Waals surface area contributed by atoms with Crippen molar-refractivity contribution in [2.45, 2.75) is 45.6 Å². The summed E-state index contributed by atoms with van der Waals surface area (Å²) >= 11 is 0. The molecule has 0 aliphatic carbocycles. The second-order valence-electron chi connectivity index (χ2n) is 5.69. The summed E-state index contributed by atoms with van der Waals surface area (Å²) in [7, 11) is 0. The van der Waals surface area contributed by atoms with Crippen molar-refractivity contribution in [1.82, 2.24) is 14.5 Å². The number of rotatable bonds is 1. The van der Waals surface area contributed by atoms with Crippen molar-refractivity contribution in [3.05, 3.63) is 17.7 Å². The van der Waals surface area contributed by atoms with Gasteiger partial charge in [0.1, 0.15) is 11.5 Å². The van der Waals surface area contributed by atoms with Crippen molar-refractivity contribution in [3.8, 4) is 0 Å². The highest BCUT2D eigenvalue weighted by Gasteiger charge is 2.25. The molecule has 0 N–H and O–H groups in total. The van der Waals surface area contributed by atoms with Crippen molar-refractivity contribution >= 4 is 5.91 Å². The number of fused-ring (bicyclic) bond motifs is 1. The van der Waals surface area contributed by atoms with Crippen molar-refractivity contribution in [2.75, 3.05) is 13.1 Å². The van der Waals surface area contributed by atoms with E-state index in [0.717, 1.165) is 38.3 Å². The molecule has 1 atom stereocenters. The van der Waals surface area contributed by atoms with E-state index in [1.165, 1.54) is 19.3 Å². The van der Waals surface area contributed by atoms with Gasteiger partial charge in [0.2, 0.25) is 0 Å². The van der Waals surface area contributed by atoms with E-state index in [1.54, 1.807) is 0 Å². The minimum absolute atomic E-state index is 0.128. The molecule has 4 nitrogen and oxygen atoms in total. The van der Waals surface area contributed by atoms with Gasteiger partial charge in [-0.05, 0) is 31.6 Å². The Morgan fingerprint density at radius 3 is 3.00 bits per heavy atom. The van der Waals surface area contributed by atoms with Crippen LogP contribution in [0.4, 0.5) is 0 Å². The molecule has 1 aromatic heterocycles. The average Bonchev–Trinajstić information content (AvgIpc) is 2.81. The lowest BCUT2D eigenvalue weighted by atomic mass is 10.0. The van der Waals surface area contributed by atoms with Crippen LogP contribution in [0.15, 0.2) is 6.20 Å². The standard InChI is InChI=1S/C14H21N3O/c1-11-5-4-8-17(9-11)14(18)12-10-16-7-3-2-6-13(16)15-12/h10-11H,2-9H2,1H3/t11-/m0/s1. The van der Waals surface area contributed by atoms with Crippen molar-refractivity contribution in [3.63, 3.8) is 0 Å². The fourth-order valence-corrected chi connectivity index (χ4v) is 3.05. The van der Waals surface area contributed by atoms with Gasteiger partial charge < -0.3 is 9.47 Å². The molecular formula is C14H21N3O. The Bertz CT molecular complexity index is 428. The summed E-state index contributed by atoms with van der Waals surface area (Å²) in [4.78, 5) is 18.9. The minimum atomic E-state index is 0.128. The Morgan fingerprint density at radius 2 is 2.22 bits per heavy atom. The van der Waals surface area contributed by atoms with E-state index < -0.39 is 0 Å². The Hall–Kier alpha value is -1.32. The number of carbonyl (C=O) groups is 1. The summed E-state index contributed by atoms with van der Waals surface area (Å²) in [6.45, 7) is 5.02.